The first-order chi connectivity index (χ1) is 13.4. The quantitative estimate of drug-likeness (QED) is 0.637. The molecule has 9 nitrogen and oxygen atoms in total. The summed E-state index contributed by atoms with van der Waals surface area (Å²) in [5, 5.41) is 9.86. The zero-order valence-corrected chi connectivity index (χ0v) is 15.9. The number of benzene rings is 2. The van der Waals surface area contributed by atoms with Crippen molar-refractivity contribution in [2.75, 3.05) is 25.3 Å². The number of amides is 1. The second kappa shape index (κ2) is 8.09. The minimum absolute atomic E-state index is 0.0571. The fraction of sp³-hybridized carbons (Fsp3) is 0.167. The zero-order chi connectivity index (χ0) is 20.1. The van der Waals surface area contributed by atoms with Crippen LogP contribution in [-0.2, 0) is 14.6 Å². The Bertz CT molecular complexity index is 1080. The average Bonchev–Trinajstić information content (AvgIpc) is 3.16. The number of hydrogen-bond donors (Lipinski definition) is 1. The van der Waals surface area contributed by atoms with Gasteiger partial charge < -0.3 is 13.9 Å². The van der Waals surface area contributed by atoms with Crippen molar-refractivity contribution in [3.63, 3.8) is 0 Å². The van der Waals surface area contributed by atoms with Crippen molar-refractivity contribution in [2.24, 2.45) is 0 Å². The number of methoxy groups -OCH3 is 2. The van der Waals surface area contributed by atoms with E-state index in [1.807, 2.05) is 0 Å². The number of anilines is 1. The first-order valence-electron chi connectivity index (χ1n) is 8.06. The van der Waals surface area contributed by atoms with Crippen LogP contribution < -0.4 is 14.8 Å². The van der Waals surface area contributed by atoms with Crippen LogP contribution in [0.15, 0.2) is 57.8 Å². The van der Waals surface area contributed by atoms with Gasteiger partial charge in [-0.2, -0.15) is 0 Å². The van der Waals surface area contributed by atoms with Gasteiger partial charge in [-0.15, -0.1) is 5.10 Å². The van der Waals surface area contributed by atoms with Gasteiger partial charge in [-0.05, 0) is 30.3 Å². The number of carbonyl (C=O) groups is 1. The summed E-state index contributed by atoms with van der Waals surface area (Å²) in [6, 6.07) is 12.5. The Balaban J connectivity index is 1.72. The number of rotatable bonds is 7. The molecular weight excluding hydrogens is 386 g/mol. The molecule has 10 heteroatoms. The molecule has 0 bridgehead atoms. The predicted octanol–water partition coefficient (Wildman–Crippen LogP) is 2.17. The highest BCUT2D eigenvalue weighted by atomic mass is 32.2. The lowest BCUT2D eigenvalue weighted by molar-refractivity contribution is -0.114. The number of carbonyl (C=O) groups excluding carboxylic acids is 1. The van der Waals surface area contributed by atoms with E-state index in [1.165, 1.54) is 26.4 Å². The Morgan fingerprint density at radius 2 is 1.75 bits per heavy atom. The van der Waals surface area contributed by atoms with E-state index in [9.17, 15) is 13.2 Å². The summed E-state index contributed by atoms with van der Waals surface area (Å²) in [6.07, 6.45) is 0. The van der Waals surface area contributed by atoms with Crippen molar-refractivity contribution in [1.29, 1.82) is 0 Å². The van der Waals surface area contributed by atoms with Gasteiger partial charge in [0, 0.05) is 5.56 Å². The molecule has 0 radical (unpaired) electrons. The molecule has 3 rings (SSSR count). The summed E-state index contributed by atoms with van der Waals surface area (Å²) >= 11 is 0. The Kier molecular flexibility index (Phi) is 5.59. The maximum atomic E-state index is 12.2. The topological polar surface area (TPSA) is 121 Å². The van der Waals surface area contributed by atoms with Gasteiger partial charge in [-0.25, -0.2) is 8.42 Å². The SMILES string of the molecule is COc1ccc(-c2nnc(NC(=O)CS(=O)(=O)c3ccccc3)o2)cc1OC. The van der Waals surface area contributed by atoms with Crippen LogP contribution in [0.25, 0.3) is 11.5 Å². The van der Waals surface area contributed by atoms with Crippen LogP contribution in [0.3, 0.4) is 0 Å². The average molecular weight is 403 g/mol. The predicted molar refractivity (Wildman–Crippen MR) is 100.0 cm³/mol. The first-order valence-corrected chi connectivity index (χ1v) is 9.71. The summed E-state index contributed by atoms with van der Waals surface area (Å²) in [5.41, 5.74) is 0.544. The smallest absolute Gasteiger partial charge is 0.322 e. The standard InChI is InChI=1S/C18H17N3O6S/c1-25-14-9-8-12(10-15(14)26-2)17-20-21-18(27-17)19-16(22)11-28(23,24)13-6-4-3-5-7-13/h3-10H,11H2,1-2H3,(H,19,21,22). The minimum atomic E-state index is -3.77. The van der Waals surface area contributed by atoms with E-state index in [-0.39, 0.29) is 16.8 Å². The molecule has 0 fully saturated rings. The van der Waals surface area contributed by atoms with Crippen LogP contribution in [-0.4, -0.2) is 44.5 Å². The zero-order valence-electron chi connectivity index (χ0n) is 15.1. The van der Waals surface area contributed by atoms with E-state index < -0.39 is 21.5 Å². The highest BCUT2D eigenvalue weighted by molar-refractivity contribution is 7.92. The van der Waals surface area contributed by atoms with Gasteiger partial charge in [0.25, 0.3) is 0 Å². The second-order valence-electron chi connectivity index (χ2n) is 5.60. The number of sulfone groups is 1. The van der Waals surface area contributed by atoms with Gasteiger partial charge in [0.2, 0.25) is 11.8 Å². The Labute approximate surface area is 161 Å². The highest BCUT2D eigenvalue weighted by Crippen LogP contribution is 2.32. The molecule has 0 spiro atoms. The van der Waals surface area contributed by atoms with Gasteiger partial charge in [-0.1, -0.05) is 23.3 Å². The summed E-state index contributed by atoms with van der Waals surface area (Å²) in [5.74, 6) is -0.401. The molecule has 146 valence electrons. The Hall–Kier alpha value is -3.40. The number of ether oxygens (including phenoxy) is 2. The molecule has 0 aliphatic rings. The molecule has 1 amide bonds. The molecule has 0 saturated heterocycles. The van der Waals surface area contributed by atoms with Gasteiger partial charge in [0.05, 0.1) is 19.1 Å². The first kappa shape index (κ1) is 19.4. The molecule has 0 aliphatic heterocycles. The van der Waals surface area contributed by atoms with Gasteiger partial charge in [0.15, 0.2) is 21.3 Å². The fourth-order valence-corrected chi connectivity index (χ4v) is 3.55. The fourth-order valence-electron chi connectivity index (χ4n) is 2.40. The number of aromatic nitrogens is 2. The third kappa shape index (κ3) is 4.29. The normalized spacial score (nSPS) is 11.1. The molecule has 3 aromatic rings. The summed E-state index contributed by atoms with van der Waals surface area (Å²) < 4.78 is 40.2. The third-order valence-electron chi connectivity index (χ3n) is 3.73. The number of nitrogens with zero attached hydrogens (tertiary/aromatic N) is 2. The summed E-state index contributed by atoms with van der Waals surface area (Å²) in [6.45, 7) is 0. The van der Waals surface area contributed by atoms with Crippen LogP contribution >= 0.6 is 0 Å². The van der Waals surface area contributed by atoms with E-state index in [0.29, 0.717) is 17.1 Å². The van der Waals surface area contributed by atoms with E-state index in [0.717, 1.165) is 0 Å². The van der Waals surface area contributed by atoms with Crippen LogP contribution in [0.1, 0.15) is 0 Å². The second-order valence-corrected chi connectivity index (χ2v) is 7.59. The maximum Gasteiger partial charge on any atom is 0.322 e. The van der Waals surface area contributed by atoms with Crippen molar-refractivity contribution in [1.82, 2.24) is 10.2 Å². The van der Waals surface area contributed by atoms with E-state index >= 15 is 0 Å². The van der Waals surface area contributed by atoms with E-state index in [2.05, 4.69) is 15.5 Å². The number of nitrogens with one attached hydrogen (secondary N) is 1. The minimum Gasteiger partial charge on any atom is -0.493 e. The lowest BCUT2D eigenvalue weighted by Crippen LogP contribution is -2.23. The lowest BCUT2D eigenvalue weighted by atomic mass is 10.2. The molecule has 0 atom stereocenters. The van der Waals surface area contributed by atoms with Crippen molar-refractivity contribution < 1.29 is 27.1 Å². The van der Waals surface area contributed by atoms with Crippen LogP contribution in [0.2, 0.25) is 0 Å². The van der Waals surface area contributed by atoms with Crippen molar-refractivity contribution >= 4 is 21.8 Å². The molecule has 1 N–H and O–H groups in total. The Morgan fingerprint density at radius 1 is 1.04 bits per heavy atom. The van der Waals surface area contributed by atoms with Crippen molar-refractivity contribution in [2.45, 2.75) is 4.90 Å². The van der Waals surface area contributed by atoms with E-state index in [4.69, 9.17) is 13.9 Å². The lowest BCUT2D eigenvalue weighted by Gasteiger charge is -2.07. The third-order valence-corrected chi connectivity index (χ3v) is 5.36. The molecule has 2 aromatic carbocycles. The molecular formula is C18H17N3O6S. The summed E-state index contributed by atoms with van der Waals surface area (Å²) in [7, 11) is -0.764. The van der Waals surface area contributed by atoms with Crippen molar-refractivity contribution in [3.8, 4) is 23.0 Å². The van der Waals surface area contributed by atoms with Crippen LogP contribution in [0.4, 0.5) is 6.01 Å². The molecule has 0 unspecified atom stereocenters. The molecule has 0 aliphatic carbocycles. The molecule has 0 saturated carbocycles. The molecule has 1 heterocycles. The van der Waals surface area contributed by atoms with E-state index in [1.54, 1.807) is 36.4 Å². The number of hydrogen-bond acceptors (Lipinski definition) is 8. The van der Waals surface area contributed by atoms with Gasteiger partial charge in [0.1, 0.15) is 5.75 Å². The molecule has 28 heavy (non-hydrogen) atoms. The monoisotopic (exact) mass is 403 g/mol. The maximum absolute atomic E-state index is 12.2. The van der Waals surface area contributed by atoms with Crippen LogP contribution in [0, 0.1) is 0 Å². The molecule has 1 aromatic heterocycles. The largest absolute Gasteiger partial charge is 0.493 e. The van der Waals surface area contributed by atoms with Crippen molar-refractivity contribution in [3.05, 3.63) is 48.5 Å². The van der Waals surface area contributed by atoms with Crippen LogP contribution in [0.5, 0.6) is 11.5 Å². The van der Waals surface area contributed by atoms with Gasteiger partial charge >= 0.3 is 6.01 Å². The summed E-state index contributed by atoms with van der Waals surface area (Å²) in [4.78, 5) is 12.1. The van der Waals surface area contributed by atoms with Gasteiger partial charge in [-0.3, -0.25) is 10.1 Å². The highest BCUT2D eigenvalue weighted by Gasteiger charge is 2.21. The Morgan fingerprint density at radius 3 is 2.43 bits per heavy atom.